The fourth-order valence-corrected chi connectivity index (χ4v) is 1.22. The third-order valence-electron chi connectivity index (χ3n) is 1.46. The van der Waals surface area contributed by atoms with Gasteiger partial charge in [0.05, 0.1) is 0 Å². The lowest BCUT2D eigenvalue weighted by molar-refractivity contribution is -0.121. The van der Waals surface area contributed by atoms with Crippen molar-refractivity contribution < 1.29 is 4.79 Å². The van der Waals surface area contributed by atoms with Crippen LogP contribution in [0.2, 0.25) is 0 Å². The average molecular weight is 189 g/mol. The molecule has 3 heteroatoms. The van der Waals surface area contributed by atoms with Crippen LogP contribution in [0.3, 0.4) is 0 Å². The maximum atomic E-state index is 11.1. The molecule has 0 aromatic heterocycles. The number of amides is 1. The van der Waals surface area contributed by atoms with Crippen LogP contribution in [-0.4, -0.2) is 24.5 Å². The molecular weight excluding hydrogens is 170 g/mol. The third-order valence-corrected chi connectivity index (χ3v) is 2.16. The molecule has 0 heterocycles. The first-order valence-electron chi connectivity index (χ1n) is 4.42. The monoisotopic (exact) mass is 189 g/mol. The summed E-state index contributed by atoms with van der Waals surface area (Å²) < 4.78 is 0. The van der Waals surface area contributed by atoms with Crippen LogP contribution in [0.5, 0.6) is 0 Å². The molecule has 0 spiro atoms. The van der Waals surface area contributed by atoms with E-state index in [1.807, 2.05) is 0 Å². The van der Waals surface area contributed by atoms with Crippen LogP contribution < -0.4 is 5.32 Å². The fourth-order valence-electron chi connectivity index (χ4n) is 0.783. The molecular formula is C9H19NOS. The average Bonchev–Trinajstić information content (AvgIpc) is 2.01. The molecule has 0 radical (unpaired) electrons. The van der Waals surface area contributed by atoms with Gasteiger partial charge in [-0.2, -0.15) is 11.8 Å². The third kappa shape index (κ3) is 7.92. The predicted molar refractivity (Wildman–Crippen MR) is 55.5 cm³/mol. The van der Waals surface area contributed by atoms with Crippen molar-refractivity contribution in [3.05, 3.63) is 0 Å². The van der Waals surface area contributed by atoms with Gasteiger partial charge in [-0.15, -0.1) is 0 Å². The molecule has 0 aliphatic carbocycles. The minimum atomic E-state index is 0.192. The maximum absolute atomic E-state index is 11.1. The molecule has 0 saturated heterocycles. The maximum Gasteiger partial charge on any atom is 0.220 e. The number of nitrogens with one attached hydrogen (secondary N) is 1. The highest BCUT2D eigenvalue weighted by atomic mass is 32.2. The van der Waals surface area contributed by atoms with Gasteiger partial charge in [-0.25, -0.2) is 0 Å². The lowest BCUT2D eigenvalue weighted by Crippen LogP contribution is -2.27. The molecule has 0 rings (SSSR count). The topological polar surface area (TPSA) is 29.1 Å². The Hall–Kier alpha value is -0.180. The number of rotatable bonds is 6. The van der Waals surface area contributed by atoms with E-state index in [0.29, 0.717) is 12.3 Å². The molecule has 0 aromatic rings. The van der Waals surface area contributed by atoms with Crippen molar-refractivity contribution >= 4 is 17.7 Å². The van der Waals surface area contributed by atoms with E-state index in [9.17, 15) is 4.79 Å². The first kappa shape index (κ1) is 11.8. The second-order valence-corrected chi connectivity index (χ2v) is 4.28. The van der Waals surface area contributed by atoms with Crippen LogP contribution in [0, 0.1) is 5.92 Å². The van der Waals surface area contributed by atoms with E-state index in [4.69, 9.17) is 0 Å². The highest BCUT2D eigenvalue weighted by Crippen LogP contribution is 1.99. The number of carbonyl (C=O) groups is 1. The minimum Gasteiger partial charge on any atom is -0.356 e. The number of hydrogen-bond acceptors (Lipinski definition) is 2. The summed E-state index contributed by atoms with van der Waals surface area (Å²) in [7, 11) is 0. The molecule has 0 saturated carbocycles. The van der Waals surface area contributed by atoms with Gasteiger partial charge in [0.1, 0.15) is 0 Å². The predicted octanol–water partition coefficient (Wildman–Crippen LogP) is 1.90. The summed E-state index contributed by atoms with van der Waals surface area (Å²) in [4.78, 5) is 11.1. The standard InChI is InChI=1S/C9H19NOS/c1-8(2)7-10-9(11)5-4-6-12-3/h8H,4-7H2,1-3H3,(H,10,11). The highest BCUT2D eigenvalue weighted by molar-refractivity contribution is 7.98. The van der Waals surface area contributed by atoms with Crippen LogP contribution >= 0.6 is 11.8 Å². The molecule has 0 fully saturated rings. The Kier molecular flexibility index (Phi) is 7.36. The van der Waals surface area contributed by atoms with Crippen molar-refractivity contribution in [1.82, 2.24) is 5.32 Å². The highest BCUT2D eigenvalue weighted by Gasteiger charge is 2.00. The first-order valence-corrected chi connectivity index (χ1v) is 5.81. The van der Waals surface area contributed by atoms with Gasteiger partial charge in [0.2, 0.25) is 5.91 Å². The molecule has 0 aromatic carbocycles. The Balaban J connectivity index is 3.22. The summed E-state index contributed by atoms with van der Waals surface area (Å²) in [5, 5.41) is 2.89. The molecule has 1 amide bonds. The SMILES string of the molecule is CSCCCC(=O)NCC(C)C. The quantitative estimate of drug-likeness (QED) is 0.647. The molecule has 2 nitrogen and oxygen atoms in total. The molecule has 72 valence electrons. The summed E-state index contributed by atoms with van der Waals surface area (Å²) >= 11 is 1.79. The fraction of sp³-hybridized carbons (Fsp3) is 0.889. The van der Waals surface area contributed by atoms with Gasteiger partial charge >= 0.3 is 0 Å². The van der Waals surface area contributed by atoms with Crippen LogP contribution in [0.4, 0.5) is 0 Å². The Morgan fingerprint density at radius 1 is 1.50 bits per heavy atom. The van der Waals surface area contributed by atoms with E-state index in [2.05, 4.69) is 25.4 Å². The van der Waals surface area contributed by atoms with Crippen molar-refractivity contribution in [2.45, 2.75) is 26.7 Å². The van der Waals surface area contributed by atoms with Gasteiger partial charge < -0.3 is 5.32 Å². The van der Waals surface area contributed by atoms with Crippen molar-refractivity contribution in [3.63, 3.8) is 0 Å². The largest absolute Gasteiger partial charge is 0.356 e. The molecule has 0 unspecified atom stereocenters. The molecule has 0 aliphatic heterocycles. The summed E-state index contributed by atoms with van der Waals surface area (Å²) in [6, 6.07) is 0. The zero-order valence-electron chi connectivity index (χ0n) is 8.22. The number of carbonyl (C=O) groups excluding carboxylic acids is 1. The summed E-state index contributed by atoms with van der Waals surface area (Å²) in [5.41, 5.74) is 0. The molecule has 0 atom stereocenters. The van der Waals surface area contributed by atoms with Crippen LogP contribution in [0.15, 0.2) is 0 Å². The van der Waals surface area contributed by atoms with E-state index in [1.165, 1.54) is 0 Å². The summed E-state index contributed by atoms with van der Waals surface area (Å²) in [6.07, 6.45) is 3.73. The van der Waals surface area contributed by atoms with Gasteiger partial charge in [-0.1, -0.05) is 13.8 Å². The van der Waals surface area contributed by atoms with E-state index < -0.39 is 0 Å². The van der Waals surface area contributed by atoms with E-state index in [1.54, 1.807) is 11.8 Å². The molecule has 12 heavy (non-hydrogen) atoms. The van der Waals surface area contributed by atoms with Crippen LogP contribution in [0.25, 0.3) is 0 Å². The summed E-state index contributed by atoms with van der Waals surface area (Å²) in [6.45, 7) is 5.00. The van der Waals surface area contributed by atoms with E-state index >= 15 is 0 Å². The van der Waals surface area contributed by atoms with Gasteiger partial charge in [0.15, 0.2) is 0 Å². The lowest BCUT2D eigenvalue weighted by Gasteiger charge is -2.06. The van der Waals surface area contributed by atoms with E-state index in [-0.39, 0.29) is 5.91 Å². The van der Waals surface area contributed by atoms with Crippen molar-refractivity contribution in [1.29, 1.82) is 0 Å². The van der Waals surface area contributed by atoms with Crippen LogP contribution in [0.1, 0.15) is 26.7 Å². The zero-order chi connectivity index (χ0) is 9.40. The number of thioether (sulfide) groups is 1. The number of hydrogen-bond donors (Lipinski definition) is 1. The zero-order valence-corrected chi connectivity index (χ0v) is 9.04. The Labute approximate surface area is 79.5 Å². The summed E-state index contributed by atoms with van der Waals surface area (Å²) in [5.74, 6) is 1.82. The molecule has 0 bridgehead atoms. The second kappa shape index (κ2) is 7.47. The van der Waals surface area contributed by atoms with Crippen molar-refractivity contribution in [3.8, 4) is 0 Å². The Morgan fingerprint density at radius 2 is 2.17 bits per heavy atom. The Bertz CT molecular complexity index is 126. The lowest BCUT2D eigenvalue weighted by atomic mass is 10.2. The first-order chi connectivity index (χ1) is 5.66. The smallest absolute Gasteiger partial charge is 0.220 e. The Morgan fingerprint density at radius 3 is 2.67 bits per heavy atom. The van der Waals surface area contributed by atoms with Gasteiger partial charge in [-0.05, 0) is 24.3 Å². The van der Waals surface area contributed by atoms with Crippen molar-refractivity contribution in [2.24, 2.45) is 5.92 Å². The molecule has 1 N–H and O–H groups in total. The van der Waals surface area contributed by atoms with Crippen LogP contribution in [-0.2, 0) is 4.79 Å². The van der Waals surface area contributed by atoms with Crippen molar-refractivity contribution in [2.75, 3.05) is 18.6 Å². The normalized spacial score (nSPS) is 10.3. The molecule has 0 aliphatic rings. The second-order valence-electron chi connectivity index (χ2n) is 3.29. The van der Waals surface area contributed by atoms with Gasteiger partial charge in [-0.3, -0.25) is 4.79 Å². The van der Waals surface area contributed by atoms with Gasteiger partial charge in [0, 0.05) is 13.0 Å². The van der Waals surface area contributed by atoms with E-state index in [0.717, 1.165) is 18.7 Å². The minimum absolute atomic E-state index is 0.192. The van der Waals surface area contributed by atoms with Gasteiger partial charge in [0.25, 0.3) is 0 Å².